The van der Waals surface area contributed by atoms with Gasteiger partial charge in [-0.25, -0.2) is 4.39 Å². The van der Waals surface area contributed by atoms with Crippen molar-refractivity contribution in [1.29, 1.82) is 10.8 Å². The minimum absolute atomic E-state index is 0.0217. The molecule has 0 spiro atoms. The highest BCUT2D eigenvalue weighted by Crippen LogP contribution is 2.35. The molecule has 0 radical (unpaired) electrons. The van der Waals surface area contributed by atoms with Crippen LogP contribution in [-0.4, -0.2) is 10.2 Å². The van der Waals surface area contributed by atoms with Crippen molar-refractivity contribution in [1.82, 2.24) is 0 Å². The summed E-state index contributed by atoms with van der Waals surface area (Å²) in [5.74, 6) is 0.908. The fraction of sp³-hybridized carbons (Fsp3) is 0.176. The van der Waals surface area contributed by atoms with E-state index in [0.717, 1.165) is 26.7 Å². The molecule has 0 aromatic heterocycles. The average Bonchev–Trinajstić information content (AvgIpc) is 2.54. The van der Waals surface area contributed by atoms with Crippen molar-refractivity contribution in [3.05, 3.63) is 59.4 Å². The molecule has 0 bridgehead atoms. The predicted octanol–water partition coefficient (Wildman–Crippen LogP) is 5.33. The Balaban J connectivity index is 2.24. The molecule has 2 rings (SSSR count). The van der Waals surface area contributed by atoms with Crippen molar-refractivity contribution in [3.63, 3.8) is 0 Å². The monoisotopic (exact) mass is 379 g/mol. The van der Waals surface area contributed by atoms with Crippen LogP contribution in [0.5, 0.6) is 0 Å². The SMILES string of the molecule is CC(=N)SCc1ccccc1Sc1ccc(F)cc1CSC(=N)N. The lowest BCUT2D eigenvalue weighted by Crippen LogP contribution is -2.04. The van der Waals surface area contributed by atoms with E-state index in [1.165, 1.54) is 35.7 Å². The standard InChI is InChI=1S/C17H18FN3S3/c1-11(19)22-9-12-4-2-3-5-15(12)24-16-7-6-14(18)8-13(16)10-23-17(20)21/h2-8,19H,9-10H2,1H3,(H3,20,21). The summed E-state index contributed by atoms with van der Waals surface area (Å²) < 4.78 is 13.6. The van der Waals surface area contributed by atoms with Crippen molar-refractivity contribution in [2.24, 2.45) is 5.73 Å². The fourth-order valence-corrected chi connectivity index (χ4v) is 4.35. The number of benzene rings is 2. The minimum atomic E-state index is -0.290. The van der Waals surface area contributed by atoms with Gasteiger partial charge in [-0.3, -0.25) is 10.8 Å². The number of amidine groups is 1. The highest BCUT2D eigenvalue weighted by molar-refractivity contribution is 8.13. The second kappa shape index (κ2) is 9.15. The van der Waals surface area contributed by atoms with E-state index in [0.29, 0.717) is 10.8 Å². The largest absolute Gasteiger partial charge is 0.379 e. The summed E-state index contributed by atoms with van der Waals surface area (Å²) in [5, 5.41) is 15.5. The molecule has 0 heterocycles. The minimum Gasteiger partial charge on any atom is -0.379 e. The van der Waals surface area contributed by atoms with E-state index in [4.69, 9.17) is 16.6 Å². The number of rotatable bonds is 6. The molecule has 7 heteroatoms. The summed E-state index contributed by atoms with van der Waals surface area (Å²) in [5.41, 5.74) is 7.37. The number of hydrogen-bond donors (Lipinski definition) is 3. The van der Waals surface area contributed by atoms with Crippen LogP contribution in [0, 0.1) is 16.6 Å². The van der Waals surface area contributed by atoms with Gasteiger partial charge in [-0.15, -0.1) is 11.8 Å². The van der Waals surface area contributed by atoms with Gasteiger partial charge in [0.25, 0.3) is 0 Å². The Morgan fingerprint density at radius 2 is 1.67 bits per heavy atom. The van der Waals surface area contributed by atoms with Gasteiger partial charge >= 0.3 is 0 Å². The van der Waals surface area contributed by atoms with Crippen molar-refractivity contribution in [2.45, 2.75) is 28.2 Å². The van der Waals surface area contributed by atoms with Crippen LogP contribution in [-0.2, 0) is 11.5 Å². The van der Waals surface area contributed by atoms with Crippen molar-refractivity contribution in [2.75, 3.05) is 0 Å². The lowest BCUT2D eigenvalue weighted by Gasteiger charge is -2.12. The Bertz CT molecular complexity index is 750. The molecule has 0 saturated heterocycles. The van der Waals surface area contributed by atoms with Gasteiger partial charge in [-0.2, -0.15) is 0 Å². The van der Waals surface area contributed by atoms with Crippen LogP contribution in [0.3, 0.4) is 0 Å². The van der Waals surface area contributed by atoms with Crippen LogP contribution in [0.2, 0.25) is 0 Å². The van der Waals surface area contributed by atoms with Crippen LogP contribution in [0.25, 0.3) is 0 Å². The molecule has 0 fully saturated rings. The molecule has 0 unspecified atom stereocenters. The molecule has 4 N–H and O–H groups in total. The normalized spacial score (nSPS) is 10.6. The van der Waals surface area contributed by atoms with Crippen molar-refractivity contribution < 1.29 is 4.39 Å². The third-order valence-electron chi connectivity index (χ3n) is 3.04. The first-order valence-electron chi connectivity index (χ1n) is 7.14. The molecule has 126 valence electrons. The van der Waals surface area contributed by atoms with Crippen molar-refractivity contribution >= 4 is 45.5 Å². The maximum absolute atomic E-state index is 13.6. The van der Waals surface area contributed by atoms with Crippen LogP contribution in [0.1, 0.15) is 18.1 Å². The smallest absolute Gasteiger partial charge is 0.151 e. The second-order valence-corrected chi connectivity index (χ2v) is 8.25. The van der Waals surface area contributed by atoms with Crippen molar-refractivity contribution in [3.8, 4) is 0 Å². The number of nitrogens with two attached hydrogens (primary N) is 1. The Morgan fingerprint density at radius 1 is 1.00 bits per heavy atom. The fourth-order valence-electron chi connectivity index (χ4n) is 1.94. The van der Waals surface area contributed by atoms with Gasteiger partial charge in [0.15, 0.2) is 5.17 Å². The van der Waals surface area contributed by atoms with Crippen LogP contribution < -0.4 is 5.73 Å². The molecule has 0 amide bonds. The predicted molar refractivity (Wildman–Crippen MR) is 105 cm³/mol. The Hall–Kier alpha value is -1.44. The first kappa shape index (κ1) is 18.9. The molecule has 2 aromatic rings. The Labute approximate surface area is 154 Å². The molecule has 0 aliphatic rings. The van der Waals surface area contributed by atoms with Gasteiger partial charge in [0.1, 0.15) is 5.82 Å². The molecule has 0 saturated carbocycles. The van der Waals surface area contributed by atoms with Gasteiger partial charge in [0.05, 0.1) is 5.04 Å². The zero-order chi connectivity index (χ0) is 17.5. The third kappa shape index (κ3) is 5.89. The maximum atomic E-state index is 13.6. The summed E-state index contributed by atoms with van der Waals surface area (Å²) in [7, 11) is 0. The summed E-state index contributed by atoms with van der Waals surface area (Å²) in [6.07, 6.45) is 0. The molecule has 0 aliphatic heterocycles. The Morgan fingerprint density at radius 3 is 2.38 bits per heavy atom. The third-order valence-corrected chi connectivity index (χ3v) is 5.93. The van der Waals surface area contributed by atoms with E-state index in [1.807, 2.05) is 24.3 Å². The molecular weight excluding hydrogens is 361 g/mol. The van der Waals surface area contributed by atoms with Crippen LogP contribution >= 0.6 is 35.3 Å². The summed E-state index contributed by atoms with van der Waals surface area (Å²) in [4.78, 5) is 2.04. The average molecular weight is 380 g/mol. The molecule has 3 nitrogen and oxygen atoms in total. The number of halogens is 1. The van der Waals surface area contributed by atoms with E-state index < -0.39 is 0 Å². The maximum Gasteiger partial charge on any atom is 0.151 e. The highest BCUT2D eigenvalue weighted by Gasteiger charge is 2.10. The Kier molecular flexibility index (Phi) is 7.20. The molecule has 2 aromatic carbocycles. The zero-order valence-electron chi connectivity index (χ0n) is 13.1. The van der Waals surface area contributed by atoms with E-state index in [-0.39, 0.29) is 11.0 Å². The van der Waals surface area contributed by atoms with Crippen LogP contribution in [0.4, 0.5) is 4.39 Å². The second-order valence-electron chi connectivity index (χ2n) is 4.96. The van der Waals surface area contributed by atoms with E-state index in [2.05, 4.69) is 0 Å². The molecular formula is C17H18FN3S3. The lowest BCUT2D eigenvalue weighted by atomic mass is 10.2. The van der Waals surface area contributed by atoms with Gasteiger partial charge in [0, 0.05) is 21.3 Å². The highest BCUT2D eigenvalue weighted by atomic mass is 32.2. The van der Waals surface area contributed by atoms with E-state index in [1.54, 1.807) is 24.8 Å². The number of hydrogen-bond acceptors (Lipinski definition) is 5. The van der Waals surface area contributed by atoms with Gasteiger partial charge in [-0.1, -0.05) is 41.7 Å². The van der Waals surface area contributed by atoms with Gasteiger partial charge in [0.2, 0.25) is 0 Å². The molecule has 0 aliphatic carbocycles. The van der Waals surface area contributed by atoms with Gasteiger partial charge in [-0.05, 0) is 42.3 Å². The lowest BCUT2D eigenvalue weighted by molar-refractivity contribution is 0.625. The topological polar surface area (TPSA) is 73.7 Å². The zero-order valence-corrected chi connectivity index (χ0v) is 15.6. The van der Waals surface area contributed by atoms with Crippen LogP contribution in [0.15, 0.2) is 52.3 Å². The number of nitrogens with one attached hydrogen (secondary N) is 2. The summed E-state index contributed by atoms with van der Waals surface area (Å²) in [6, 6.07) is 12.7. The van der Waals surface area contributed by atoms with Gasteiger partial charge < -0.3 is 5.73 Å². The first-order valence-corrected chi connectivity index (χ1v) is 9.93. The summed E-state index contributed by atoms with van der Waals surface area (Å²) in [6.45, 7) is 1.78. The van der Waals surface area contributed by atoms with E-state index >= 15 is 0 Å². The number of thioether (sulfide) groups is 2. The quantitative estimate of drug-likeness (QED) is 0.468. The van der Waals surface area contributed by atoms with E-state index in [9.17, 15) is 4.39 Å². The first-order chi connectivity index (χ1) is 11.5. The summed E-state index contributed by atoms with van der Waals surface area (Å²) >= 11 is 4.25. The molecule has 24 heavy (non-hydrogen) atoms. The molecule has 0 atom stereocenters.